The van der Waals surface area contributed by atoms with E-state index < -0.39 is 0 Å². The lowest BCUT2D eigenvalue weighted by Gasteiger charge is -2.24. The van der Waals surface area contributed by atoms with E-state index in [0.29, 0.717) is 6.10 Å². The summed E-state index contributed by atoms with van der Waals surface area (Å²) >= 11 is 0. The molecular formula is C10H17NO. The molecule has 1 heterocycles. The molecule has 1 fully saturated rings. The molecule has 0 spiro atoms. The summed E-state index contributed by atoms with van der Waals surface area (Å²) in [6.45, 7) is 10.4. The van der Waals surface area contributed by atoms with Gasteiger partial charge in [0.25, 0.3) is 0 Å². The van der Waals surface area contributed by atoms with E-state index in [1.54, 1.807) is 0 Å². The highest BCUT2D eigenvalue weighted by molar-refractivity contribution is 5.02. The van der Waals surface area contributed by atoms with Gasteiger partial charge in [0.2, 0.25) is 0 Å². The van der Waals surface area contributed by atoms with Gasteiger partial charge < -0.3 is 10.1 Å². The molecule has 1 atom stereocenters. The zero-order chi connectivity index (χ0) is 8.81. The molecule has 0 saturated carbocycles. The van der Waals surface area contributed by atoms with Crippen LogP contribution in [0.15, 0.2) is 24.8 Å². The lowest BCUT2D eigenvalue weighted by atomic mass is 10.1. The Hall–Kier alpha value is -0.600. The maximum atomic E-state index is 5.54. The topological polar surface area (TPSA) is 21.3 Å². The second-order valence-corrected chi connectivity index (χ2v) is 3.14. The third-order valence-electron chi connectivity index (χ3n) is 1.95. The van der Waals surface area contributed by atoms with E-state index in [1.165, 1.54) is 5.57 Å². The summed E-state index contributed by atoms with van der Waals surface area (Å²) in [5, 5.41) is 3.29. The molecule has 0 aliphatic carbocycles. The van der Waals surface area contributed by atoms with Gasteiger partial charge in [-0.1, -0.05) is 18.2 Å². The van der Waals surface area contributed by atoms with Gasteiger partial charge in [-0.15, -0.1) is 6.58 Å². The maximum Gasteiger partial charge on any atom is 0.0737 e. The largest absolute Gasteiger partial charge is 0.375 e. The molecule has 0 aromatic carbocycles. The molecule has 1 unspecified atom stereocenters. The standard InChI is InChI=1S/C10H17NO/c1-3-4-9(2)7-10-8-11-5-6-12-10/h3,10-11H,1-2,4-8H2. The Labute approximate surface area is 74.3 Å². The van der Waals surface area contributed by atoms with Crippen LogP contribution in [0.2, 0.25) is 0 Å². The average Bonchev–Trinajstić information content (AvgIpc) is 2.06. The molecule has 2 heteroatoms. The molecule has 0 aromatic rings. The Morgan fingerprint density at radius 3 is 3.08 bits per heavy atom. The van der Waals surface area contributed by atoms with Gasteiger partial charge in [-0.3, -0.25) is 0 Å². The SMILES string of the molecule is C=CCC(=C)CC1CNCCO1. The summed E-state index contributed by atoms with van der Waals surface area (Å²) in [4.78, 5) is 0. The van der Waals surface area contributed by atoms with Crippen molar-refractivity contribution in [1.29, 1.82) is 0 Å². The van der Waals surface area contributed by atoms with Gasteiger partial charge in [-0.25, -0.2) is 0 Å². The quantitative estimate of drug-likeness (QED) is 0.641. The molecule has 2 nitrogen and oxygen atoms in total. The van der Waals surface area contributed by atoms with Gasteiger partial charge in [-0.05, 0) is 12.8 Å². The van der Waals surface area contributed by atoms with Gasteiger partial charge in [0.1, 0.15) is 0 Å². The summed E-state index contributed by atoms with van der Waals surface area (Å²) in [5.74, 6) is 0. The highest BCUT2D eigenvalue weighted by Gasteiger charge is 2.13. The van der Waals surface area contributed by atoms with E-state index in [2.05, 4.69) is 18.5 Å². The predicted octanol–water partition coefficient (Wildman–Crippen LogP) is 1.50. The fourth-order valence-corrected chi connectivity index (χ4v) is 1.36. The van der Waals surface area contributed by atoms with Crippen molar-refractivity contribution >= 4 is 0 Å². The maximum absolute atomic E-state index is 5.54. The Bertz CT molecular complexity index is 159. The first-order chi connectivity index (χ1) is 5.83. The molecule has 0 bridgehead atoms. The Morgan fingerprint density at radius 1 is 1.67 bits per heavy atom. The van der Waals surface area contributed by atoms with Crippen LogP contribution < -0.4 is 5.32 Å². The second kappa shape index (κ2) is 5.12. The lowest BCUT2D eigenvalue weighted by Crippen LogP contribution is -2.38. The Morgan fingerprint density at radius 2 is 2.50 bits per heavy atom. The second-order valence-electron chi connectivity index (χ2n) is 3.14. The molecule has 68 valence electrons. The van der Waals surface area contributed by atoms with E-state index in [-0.39, 0.29) is 0 Å². The minimum absolute atomic E-state index is 0.325. The number of ether oxygens (including phenoxy) is 1. The smallest absolute Gasteiger partial charge is 0.0737 e. The highest BCUT2D eigenvalue weighted by atomic mass is 16.5. The molecule has 1 N–H and O–H groups in total. The van der Waals surface area contributed by atoms with Gasteiger partial charge in [0.05, 0.1) is 12.7 Å². The fourth-order valence-electron chi connectivity index (χ4n) is 1.36. The summed E-state index contributed by atoms with van der Waals surface area (Å²) < 4.78 is 5.54. The van der Waals surface area contributed by atoms with Crippen LogP contribution in [0.3, 0.4) is 0 Å². The number of rotatable bonds is 4. The first-order valence-corrected chi connectivity index (χ1v) is 4.43. The van der Waals surface area contributed by atoms with Crippen molar-refractivity contribution in [3.05, 3.63) is 24.8 Å². The molecule has 1 saturated heterocycles. The van der Waals surface area contributed by atoms with Gasteiger partial charge >= 0.3 is 0 Å². The summed E-state index contributed by atoms with van der Waals surface area (Å²) in [6.07, 6.45) is 4.07. The zero-order valence-electron chi connectivity index (χ0n) is 7.51. The molecule has 1 aliphatic rings. The van der Waals surface area contributed by atoms with Gasteiger partial charge in [0, 0.05) is 13.1 Å². The van der Waals surface area contributed by atoms with Gasteiger partial charge in [0.15, 0.2) is 0 Å². The van der Waals surface area contributed by atoms with Crippen molar-refractivity contribution in [1.82, 2.24) is 5.32 Å². The van der Waals surface area contributed by atoms with Crippen LogP contribution in [0.4, 0.5) is 0 Å². The Kier molecular flexibility index (Phi) is 4.05. The molecular weight excluding hydrogens is 150 g/mol. The minimum atomic E-state index is 0.325. The van der Waals surface area contributed by atoms with E-state index in [9.17, 15) is 0 Å². The van der Waals surface area contributed by atoms with E-state index in [0.717, 1.165) is 32.5 Å². The van der Waals surface area contributed by atoms with Crippen molar-refractivity contribution in [3.8, 4) is 0 Å². The van der Waals surface area contributed by atoms with Crippen molar-refractivity contribution < 1.29 is 4.74 Å². The van der Waals surface area contributed by atoms with E-state index >= 15 is 0 Å². The molecule has 0 radical (unpaired) electrons. The number of allylic oxidation sites excluding steroid dienone is 1. The van der Waals surface area contributed by atoms with Crippen molar-refractivity contribution in [3.63, 3.8) is 0 Å². The van der Waals surface area contributed by atoms with Crippen molar-refractivity contribution in [2.24, 2.45) is 0 Å². The zero-order valence-corrected chi connectivity index (χ0v) is 7.51. The average molecular weight is 167 g/mol. The Balaban J connectivity index is 2.19. The molecule has 0 amide bonds. The van der Waals surface area contributed by atoms with Crippen LogP contribution in [0.1, 0.15) is 12.8 Å². The van der Waals surface area contributed by atoms with Crippen LogP contribution >= 0.6 is 0 Å². The summed E-state index contributed by atoms with van der Waals surface area (Å²) in [5.41, 5.74) is 1.21. The third-order valence-corrected chi connectivity index (χ3v) is 1.95. The molecule has 1 aliphatic heterocycles. The fraction of sp³-hybridized carbons (Fsp3) is 0.600. The number of hydrogen-bond acceptors (Lipinski definition) is 2. The van der Waals surface area contributed by atoms with Crippen LogP contribution in [0, 0.1) is 0 Å². The van der Waals surface area contributed by atoms with Crippen LogP contribution in [0.25, 0.3) is 0 Å². The predicted molar refractivity (Wildman–Crippen MR) is 51.2 cm³/mol. The van der Waals surface area contributed by atoms with Crippen LogP contribution in [0.5, 0.6) is 0 Å². The first-order valence-electron chi connectivity index (χ1n) is 4.43. The normalized spacial score (nSPS) is 23.5. The first kappa shape index (κ1) is 9.49. The summed E-state index contributed by atoms with van der Waals surface area (Å²) in [6, 6.07) is 0. The van der Waals surface area contributed by atoms with E-state index in [4.69, 9.17) is 4.74 Å². The number of morpholine rings is 1. The summed E-state index contributed by atoms with van der Waals surface area (Å²) in [7, 11) is 0. The van der Waals surface area contributed by atoms with E-state index in [1.807, 2.05) is 6.08 Å². The van der Waals surface area contributed by atoms with Crippen molar-refractivity contribution in [2.45, 2.75) is 18.9 Å². The van der Waals surface area contributed by atoms with Crippen LogP contribution in [-0.2, 0) is 4.74 Å². The molecule has 0 aromatic heterocycles. The van der Waals surface area contributed by atoms with Gasteiger partial charge in [-0.2, -0.15) is 0 Å². The lowest BCUT2D eigenvalue weighted by molar-refractivity contribution is 0.0291. The number of nitrogens with one attached hydrogen (secondary N) is 1. The van der Waals surface area contributed by atoms with Crippen LogP contribution in [-0.4, -0.2) is 25.8 Å². The van der Waals surface area contributed by atoms with Crippen molar-refractivity contribution in [2.75, 3.05) is 19.7 Å². The third kappa shape index (κ3) is 3.20. The molecule has 12 heavy (non-hydrogen) atoms. The molecule has 1 rings (SSSR count). The minimum Gasteiger partial charge on any atom is -0.375 e. The monoisotopic (exact) mass is 167 g/mol. The number of hydrogen-bond donors (Lipinski definition) is 1. The highest BCUT2D eigenvalue weighted by Crippen LogP contribution is 2.11.